The van der Waals surface area contributed by atoms with Gasteiger partial charge in [-0.15, -0.1) is 0 Å². The third-order valence-electron chi connectivity index (χ3n) is 7.92. The lowest BCUT2D eigenvalue weighted by atomic mass is 9.83. The second kappa shape index (κ2) is 9.83. The summed E-state index contributed by atoms with van der Waals surface area (Å²) < 4.78 is 6.59. The zero-order valence-electron chi connectivity index (χ0n) is 20.5. The second-order valence-electron chi connectivity index (χ2n) is 10.1. The topological polar surface area (TPSA) is 110 Å². The number of amides is 3. The number of piperidine rings is 3. The van der Waals surface area contributed by atoms with Crippen molar-refractivity contribution in [3.63, 3.8) is 0 Å². The highest BCUT2D eigenvalue weighted by Crippen LogP contribution is 2.33. The van der Waals surface area contributed by atoms with E-state index in [2.05, 4.69) is 15.3 Å². The van der Waals surface area contributed by atoms with Crippen molar-refractivity contribution >= 4 is 34.8 Å². The van der Waals surface area contributed by atoms with Crippen LogP contribution in [-0.4, -0.2) is 70.9 Å². The minimum absolute atomic E-state index is 0.209. The van der Waals surface area contributed by atoms with E-state index < -0.39 is 5.92 Å². The smallest absolute Gasteiger partial charge is 0.409 e. The van der Waals surface area contributed by atoms with E-state index in [1.807, 2.05) is 24.1 Å². The number of rotatable bonds is 4. The number of anilines is 1. The van der Waals surface area contributed by atoms with Gasteiger partial charge in [-0.25, -0.2) is 9.78 Å². The number of fused-ring (bicyclic) bond motifs is 1. The van der Waals surface area contributed by atoms with Crippen LogP contribution in [0.15, 0.2) is 12.1 Å². The van der Waals surface area contributed by atoms with E-state index >= 15 is 0 Å². The first kappa shape index (κ1) is 23.6. The summed E-state index contributed by atoms with van der Waals surface area (Å²) in [5, 5.41) is 7.91. The lowest BCUT2D eigenvalue weighted by molar-refractivity contribution is -0.134. The van der Waals surface area contributed by atoms with Crippen LogP contribution in [0.5, 0.6) is 0 Å². The molecule has 0 saturated carbocycles. The molecule has 35 heavy (non-hydrogen) atoms. The van der Waals surface area contributed by atoms with Crippen molar-refractivity contribution in [3.05, 3.63) is 17.8 Å². The fraction of sp³-hybridized carbons (Fsp3) is 0.640. The van der Waals surface area contributed by atoms with Gasteiger partial charge in [0.15, 0.2) is 5.65 Å². The number of pyridine rings is 1. The Morgan fingerprint density at radius 3 is 2.40 bits per heavy atom. The maximum atomic E-state index is 12.4. The van der Waals surface area contributed by atoms with Gasteiger partial charge in [0.05, 0.1) is 18.7 Å². The van der Waals surface area contributed by atoms with Crippen molar-refractivity contribution in [1.29, 1.82) is 0 Å². The van der Waals surface area contributed by atoms with Crippen molar-refractivity contribution < 1.29 is 19.1 Å². The molecular formula is C25H34N6O4. The number of aryl methyl sites for hydroxylation is 1. The first-order chi connectivity index (χ1) is 16.9. The SMILES string of the molecule is COC(=O)N1CCC(CC2CCN(c3ccc4c(C5CCC(=O)NC5=O)nn(C)c4n3)CC2)CC1. The quantitative estimate of drug-likeness (QED) is 0.667. The van der Waals surface area contributed by atoms with E-state index in [9.17, 15) is 14.4 Å². The number of likely N-dealkylation sites (tertiary alicyclic amines) is 1. The molecule has 3 saturated heterocycles. The summed E-state index contributed by atoms with van der Waals surface area (Å²) in [6, 6.07) is 4.05. The zero-order valence-corrected chi connectivity index (χ0v) is 20.5. The van der Waals surface area contributed by atoms with Gasteiger partial charge in [0, 0.05) is 45.0 Å². The molecule has 5 rings (SSSR count). The molecule has 3 aliphatic heterocycles. The lowest BCUT2D eigenvalue weighted by Gasteiger charge is -2.36. The predicted molar refractivity (Wildman–Crippen MR) is 130 cm³/mol. The normalized spacial score (nSPS) is 22.5. The third-order valence-corrected chi connectivity index (χ3v) is 7.92. The number of hydrogen-bond donors (Lipinski definition) is 1. The maximum Gasteiger partial charge on any atom is 0.409 e. The average molecular weight is 483 g/mol. The highest BCUT2D eigenvalue weighted by molar-refractivity contribution is 6.02. The van der Waals surface area contributed by atoms with Crippen LogP contribution in [0.2, 0.25) is 0 Å². The van der Waals surface area contributed by atoms with Crippen molar-refractivity contribution in [2.45, 2.75) is 50.9 Å². The molecule has 3 fully saturated rings. The third kappa shape index (κ3) is 4.83. The van der Waals surface area contributed by atoms with Crippen molar-refractivity contribution in [1.82, 2.24) is 25.0 Å². The van der Waals surface area contributed by atoms with Gasteiger partial charge in [-0.05, 0) is 62.5 Å². The van der Waals surface area contributed by atoms with Gasteiger partial charge in [-0.2, -0.15) is 5.10 Å². The molecule has 2 aromatic heterocycles. The molecule has 0 radical (unpaired) electrons. The molecule has 1 N–H and O–H groups in total. The Labute approximate surface area is 205 Å². The van der Waals surface area contributed by atoms with Crippen LogP contribution in [-0.2, 0) is 21.4 Å². The van der Waals surface area contributed by atoms with E-state index in [0.29, 0.717) is 30.4 Å². The van der Waals surface area contributed by atoms with Crippen LogP contribution in [0, 0.1) is 11.8 Å². The number of carbonyl (C=O) groups excluding carboxylic acids is 3. The summed E-state index contributed by atoms with van der Waals surface area (Å²) in [4.78, 5) is 44.7. The summed E-state index contributed by atoms with van der Waals surface area (Å²) in [6.45, 7) is 3.54. The van der Waals surface area contributed by atoms with E-state index in [0.717, 1.165) is 68.7 Å². The fourth-order valence-corrected chi connectivity index (χ4v) is 5.89. The van der Waals surface area contributed by atoms with Crippen molar-refractivity contribution in [2.24, 2.45) is 18.9 Å². The van der Waals surface area contributed by atoms with Crippen LogP contribution in [0.1, 0.15) is 56.6 Å². The van der Waals surface area contributed by atoms with E-state index in [1.165, 1.54) is 13.5 Å². The summed E-state index contributed by atoms with van der Waals surface area (Å²) in [5.74, 6) is 1.42. The first-order valence-electron chi connectivity index (χ1n) is 12.7. The van der Waals surface area contributed by atoms with Gasteiger partial charge in [-0.3, -0.25) is 19.6 Å². The van der Waals surface area contributed by atoms with Gasteiger partial charge in [0.1, 0.15) is 5.82 Å². The van der Waals surface area contributed by atoms with Crippen molar-refractivity contribution in [2.75, 3.05) is 38.2 Å². The number of ether oxygens (including phenoxy) is 1. The minimum atomic E-state index is -0.417. The Morgan fingerprint density at radius 2 is 1.74 bits per heavy atom. The number of aromatic nitrogens is 3. The molecule has 0 bridgehead atoms. The largest absolute Gasteiger partial charge is 0.453 e. The van der Waals surface area contributed by atoms with E-state index in [4.69, 9.17) is 9.72 Å². The fourth-order valence-electron chi connectivity index (χ4n) is 5.89. The van der Waals surface area contributed by atoms with Crippen LogP contribution in [0.3, 0.4) is 0 Å². The Kier molecular flexibility index (Phi) is 6.62. The summed E-state index contributed by atoms with van der Waals surface area (Å²) in [7, 11) is 3.30. The maximum absolute atomic E-state index is 12.4. The first-order valence-corrected chi connectivity index (χ1v) is 12.7. The lowest BCUT2D eigenvalue weighted by Crippen LogP contribution is -2.39. The number of carbonyl (C=O) groups is 3. The Bertz CT molecular complexity index is 1110. The van der Waals surface area contributed by atoms with Gasteiger partial charge in [0.2, 0.25) is 11.8 Å². The Morgan fingerprint density at radius 1 is 1.06 bits per heavy atom. The number of nitrogens with one attached hydrogen (secondary N) is 1. The zero-order chi connectivity index (χ0) is 24.5. The Balaban J connectivity index is 1.19. The highest BCUT2D eigenvalue weighted by Gasteiger charge is 2.32. The molecule has 5 heterocycles. The monoisotopic (exact) mass is 482 g/mol. The van der Waals surface area contributed by atoms with Crippen LogP contribution < -0.4 is 10.2 Å². The standard InChI is InChI=1S/C25H34N6O4/c1-29-23-18(22(28-29)19-4-6-21(32)27-24(19)33)3-5-20(26-23)30-11-7-16(8-12-30)15-17-9-13-31(14-10-17)25(34)35-2/h3,5,16-17,19H,4,6-15H2,1-2H3,(H,27,32,33). The summed E-state index contributed by atoms with van der Waals surface area (Å²) in [6.07, 6.45) is 6.24. The average Bonchev–Trinajstić information content (AvgIpc) is 3.20. The molecular weight excluding hydrogens is 448 g/mol. The number of methoxy groups -OCH3 is 1. The summed E-state index contributed by atoms with van der Waals surface area (Å²) in [5.41, 5.74) is 1.46. The molecule has 0 aliphatic carbocycles. The van der Waals surface area contributed by atoms with Crippen LogP contribution in [0.4, 0.5) is 10.6 Å². The van der Waals surface area contributed by atoms with Gasteiger partial charge in [0.25, 0.3) is 0 Å². The van der Waals surface area contributed by atoms with Crippen LogP contribution >= 0.6 is 0 Å². The molecule has 1 unspecified atom stereocenters. The molecule has 3 amide bonds. The predicted octanol–water partition coefficient (Wildman–Crippen LogP) is 2.57. The highest BCUT2D eigenvalue weighted by atomic mass is 16.5. The molecule has 0 spiro atoms. The minimum Gasteiger partial charge on any atom is -0.453 e. The number of nitrogens with zero attached hydrogens (tertiary/aromatic N) is 5. The molecule has 10 nitrogen and oxygen atoms in total. The van der Waals surface area contributed by atoms with Gasteiger partial charge < -0.3 is 14.5 Å². The number of hydrogen-bond acceptors (Lipinski definition) is 7. The second-order valence-corrected chi connectivity index (χ2v) is 10.1. The molecule has 0 aromatic carbocycles. The van der Waals surface area contributed by atoms with E-state index in [-0.39, 0.29) is 17.9 Å². The van der Waals surface area contributed by atoms with Gasteiger partial charge >= 0.3 is 6.09 Å². The van der Waals surface area contributed by atoms with Crippen LogP contribution in [0.25, 0.3) is 11.0 Å². The summed E-state index contributed by atoms with van der Waals surface area (Å²) >= 11 is 0. The van der Waals surface area contributed by atoms with Gasteiger partial charge in [-0.1, -0.05) is 0 Å². The number of imide groups is 1. The molecule has 3 aliphatic rings. The Hall–Kier alpha value is -3.17. The molecule has 10 heteroatoms. The van der Waals surface area contributed by atoms with E-state index in [1.54, 1.807) is 4.68 Å². The molecule has 1 atom stereocenters. The molecule has 2 aromatic rings. The van der Waals surface area contributed by atoms with Crippen molar-refractivity contribution in [3.8, 4) is 0 Å². The molecule has 188 valence electrons.